The van der Waals surface area contributed by atoms with Crippen molar-refractivity contribution in [2.75, 3.05) is 32.5 Å². The molecular weight excluding hydrogens is 254 g/mol. The molecule has 1 fully saturated rings. The molecule has 1 aliphatic heterocycles. The number of likely N-dealkylation sites (tertiary alicyclic amines) is 1. The summed E-state index contributed by atoms with van der Waals surface area (Å²) in [7, 11) is 3.39. The molecule has 1 N–H and O–H groups in total. The van der Waals surface area contributed by atoms with Crippen LogP contribution in [0.5, 0.6) is 0 Å². The lowest BCUT2D eigenvalue weighted by Gasteiger charge is -2.15. The first-order chi connectivity index (χ1) is 9.56. The Labute approximate surface area is 119 Å². The van der Waals surface area contributed by atoms with Gasteiger partial charge < -0.3 is 15.1 Å². The van der Waals surface area contributed by atoms with Gasteiger partial charge in [-0.25, -0.2) is 4.79 Å². The monoisotopic (exact) mass is 275 g/mol. The van der Waals surface area contributed by atoms with Crippen LogP contribution in [-0.2, 0) is 11.2 Å². The zero-order valence-corrected chi connectivity index (χ0v) is 12.1. The maximum absolute atomic E-state index is 12.0. The Morgan fingerprint density at radius 3 is 2.30 bits per heavy atom. The highest BCUT2D eigenvalue weighted by Crippen LogP contribution is 2.13. The lowest BCUT2D eigenvalue weighted by Crippen LogP contribution is -2.29. The maximum atomic E-state index is 12.0. The third-order valence-electron chi connectivity index (χ3n) is 3.43. The minimum absolute atomic E-state index is 0.161. The minimum Gasteiger partial charge on any atom is -0.342 e. The van der Waals surface area contributed by atoms with Crippen LogP contribution in [-0.4, -0.2) is 48.9 Å². The summed E-state index contributed by atoms with van der Waals surface area (Å²) in [5.74, 6) is 0.188. The molecule has 0 saturated carbocycles. The predicted octanol–water partition coefficient (Wildman–Crippen LogP) is 1.95. The molecule has 0 unspecified atom stereocenters. The van der Waals surface area contributed by atoms with Gasteiger partial charge in [0, 0.05) is 32.9 Å². The van der Waals surface area contributed by atoms with Crippen LogP contribution in [0.3, 0.4) is 0 Å². The number of carbonyl (C=O) groups excluding carboxylic acids is 2. The second-order valence-electron chi connectivity index (χ2n) is 5.29. The molecule has 108 valence electrons. The first-order valence-electron chi connectivity index (χ1n) is 6.91. The molecule has 1 saturated heterocycles. The quantitative estimate of drug-likeness (QED) is 0.916. The van der Waals surface area contributed by atoms with Crippen molar-refractivity contribution in [3.8, 4) is 0 Å². The third kappa shape index (κ3) is 3.73. The SMILES string of the molecule is CN(C)C(=O)Nc1ccc(CC(=O)N2CCCC2)cc1. The summed E-state index contributed by atoms with van der Waals surface area (Å²) in [5.41, 5.74) is 1.71. The standard InChI is InChI=1S/C15H21N3O2/c1-17(2)15(20)16-13-7-5-12(6-8-13)11-14(19)18-9-3-4-10-18/h5-8H,3-4,9-11H2,1-2H3,(H,16,20). The molecular formula is C15H21N3O2. The molecule has 1 heterocycles. The molecule has 0 bridgehead atoms. The number of nitrogens with zero attached hydrogens (tertiary/aromatic N) is 2. The van der Waals surface area contributed by atoms with E-state index in [-0.39, 0.29) is 11.9 Å². The molecule has 0 aromatic heterocycles. The summed E-state index contributed by atoms with van der Waals surface area (Å²) in [6, 6.07) is 7.27. The number of nitrogens with one attached hydrogen (secondary N) is 1. The van der Waals surface area contributed by atoms with Gasteiger partial charge in [-0.2, -0.15) is 0 Å². The van der Waals surface area contributed by atoms with Gasteiger partial charge >= 0.3 is 6.03 Å². The number of carbonyl (C=O) groups is 2. The number of urea groups is 1. The Morgan fingerprint density at radius 2 is 1.75 bits per heavy atom. The first-order valence-corrected chi connectivity index (χ1v) is 6.91. The molecule has 0 radical (unpaired) electrons. The van der Waals surface area contributed by atoms with E-state index in [1.54, 1.807) is 14.1 Å². The molecule has 2 rings (SSSR count). The summed E-state index contributed by atoms with van der Waals surface area (Å²) in [4.78, 5) is 26.9. The molecule has 0 spiro atoms. The van der Waals surface area contributed by atoms with E-state index >= 15 is 0 Å². The fourth-order valence-electron chi connectivity index (χ4n) is 2.19. The Morgan fingerprint density at radius 1 is 1.15 bits per heavy atom. The van der Waals surface area contributed by atoms with Crippen molar-refractivity contribution in [1.29, 1.82) is 0 Å². The van der Waals surface area contributed by atoms with Crippen LogP contribution < -0.4 is 5.32 Å². The van der Waals surface area contributed by atoms with Crippen LogP contribution in [0.1, 0.15) is 18.4 Å². The minimum atomic E-state index is -0.161. The van der Waals surface area contributed by atoms with Gasteiger partial charge in [-0.3, -0.25) is 4.79 Å². The van der Waals surface area contributed by atoms with Crippen molar-refractivity contribution >= 4 is 17.6 Å². The van der Waals surface area contributed by atoms with Crippen molar-refractivity contribution in [1.82, 2.24) is 9.80 Å². The van der Waals surface area contributed by atoms with Crippen molar-refractivity contribution in [2.24, 2.45) is 0 Å². The number of amides is 3. The van der Waals surface area contributed by atoms with Crippen molar-refractivity contribution in [3.63, 3.8) is 0 Å². The Bertz CT molecular complexity index is 476. The lowest BCUT2D eigenvalue weighted by atomic mass is 10.1. The number of benzene rings is 1. The van der Waals surface area contributed by atoms with Gasteiger partial charge in [-0.1, -0.05) is 12.1 Å². The summed E-state index contributed by atoms with van der Waals surface area (Å²) in [6.07, 6.45) is 2.66. The van der Waals surface area contributed by atoms with Crippen molar-refractivity contribution < 1.29 is 9.59 Å². The molecule has 1 aromatic rings. The van der Waals surface area contributed by atoms with E-state index in [1.165, 1.54) is 4.90 Å². The maximum Gasteiger partial charge on any atom is 0.321 e. The van der Waals surface area contributed by atoms with Gasteiger partial charge in [0.05, 0.1) is 6.42 Å². The zero-order valence-electron chi connectivity index (χ0n) is 12.1. The van der Waals surface area contributed by atoms with E-state index in [4.69, 9.17) is 0 Å². The molecule has 5 nitrogen and oxygen atoms in total. The van der Waals surface area contributed by atoms with Crippen LogP contribution >= 0.6 is 0 Å². The molecule has 5 heteroatoms. The van der Waals surface area contributed by atoms with E-state index in [0.29, 0.717) is 6.42 Å². The molecule has 20 heavy (non-hydrogen) atoms. The van der Waals surface area contributed by atoms with Gasteiger partial charge in [0.1, 0.15) is 0 Å². The fourth-order valence-corrected chi connectivity index (χ4v) is 2.19. The summed E-state index contributed by atoms with van der Waals surface area (Å²) >= 11 is 0. The van der Waals surface area contributed by atoms with Gasteiger partial charge in [0.25, 0.3) is 0 Å². The van der Waals surface area contributed by atoms with E-state index < -0.39 is 0 Å². The Hall–Kier alpha value is -2.04. The molecule has 1 aliphatic rings. The highest BCUT2D eigenvalue weighted by atomic mass is 16.2. The van der Waals surface area contributed by atoms with Gasteiger partial charge in [0.2, 0.25) is 5.91 Å². The van der Waals surface area contributed by atoms with Gasteiger partial charge in [-0.05, 0) is 30.5 Å². The normalized spacial score (nSPS) is 14.2. The predicted molar refractivity (Wildman–Crippen MR) is 78.7 cm³/mol. The van der Waals surface area contributed by atoms with E-state index in [1.807, 2.05) is 29.2 Å². The number of anilines is 1. The van der Waals surface area contributed by atoms with Crippen LogP contribution in [0.2, 0.25) is 0 Å². The van der Waals surface area contributed by atoms with Crippen LogP contribution in [0, 0.1) is 0 Å². The van der Waals surface area contributed by atoms with Crippen molar-refractivity contribution in [3.05, 3.63) is 29.8 Å². The summed E-state index contributed by atoms with van der Waals surface area (Å²) < 4.78 is 0. The van der Waals surface area contributed by atoms with Crippen LogP contribution in [0.25, 0.3) is 0 Å². The molecule has 0 atom stereocenters. The second kappa shape index (κ2) is 6.41. The van der Waals surface area contributed by atoms with E-state index in [9.17, 15) is 9.59 Å². The van der Waals surface area contributed by atoms with E-state index in [0.717, 1.165) is 37.2 Å². The Kier molecular flexibility index (Phi) is 4.61. The topological polar surface area (TPSA) is 52.7 Å². The smallest absolute Gasteiger partial charge is 0.321 e. The van der Waals surface area contributed by atoms with E-state index in [2.05, 4.69) is 5.32 Å². The Balaban J connectivity index is 1.91. The second-order valence-corrected chi connectivity index (χ2v) is 5.29. The molecule has 1 aromatic carbocycles. The molecule has 3 amide bonds. The molecule has 0 aliphatic carbocycles. The van der Waals surface area contributed by atoms with Crippen molar-refractivity contribution in [2.45, 2.75) is 19.3 Å². The fraction of sp³-hybridized carbons (Fsp3) is 0.467. The third-order valence-corrected chi connectivity index (χ3v) is 3.43. The number of hydrogen-bond donors (Lipinski definition) is 1. The van der Waals surface area contributed by atoms with Gasteiger partial charge in [-0.15, -0.1) is 0 Å². The average molecular weight is 275 g/mol. The highest BCUT2D eigenvalue weighted by Gasteiger charge is 2.17. The average Bonchev–Trinajstić information content (AvgIpc) is 2.95. The van der Waals surface area contributed by atoms with Gasteiger partial charge in [0.15, 0.2) is 0 Å². The number of rotatable bonds is 3. The summed E-state index contributed by atoms with van der Waals surface area (Å²) in [6.45, 7) is 1.77. The lowest BCUT2D eigenvalue weighted by molar-refractivity contribution is -0.129. The summed E-state index contributed by atoms with van der Waals surface area (Å²) in [5, 5.41) is 2.77. The van der Waals surface area contributed by atoms with Crippen LogP contribution in [0.15, 0.2) is 24.3 Å². The number of hydrogen-bond acceptors (Lipinski definition) is 2. The zero-order chi connectivity index (χ0) is 14.5. The highest BCUT2D eigenvalue weighted by molar-refractivity contribution is 5.89. The first kappa shape index (κ1) is 14.4. The van der Waals surface area contributed by atoms with Crippen LogP contribution in [0.4, 0.5) is 10.5 Å². The largest absolute Gasteiger partial charge is 0.342 e.